The van der Waals surface area contributed by atoms with Gasteiger partial charge in [-0.2, -0.15) is 52.7 Å². The Morgan fingerprint density at radius 1 is 0.516 bits per heavy atom. The predicted molar refractivity (Wildman–Crippen MR) is 206 cm³/mol. The quantitative estimate of drug-likeness (QED) is 0.133. The number of aliphatic hydroxyl groups excluding tert-OH is 1. The molecule has 336 valence electrons. The molecule has 2 atom stereocenters. The van der Waals surface area contributed by atoms with Crippen LogP contribution in [0.5, 0.6) is 0 Å². The molecule has 2 unspecified atom stereocenters. The van der Waals surface area contributed by atoms with E-state index in [1.807, 2.05) is 6.92 Å². The molecule has 4 aromatic rings. The normalized spacial score (nSPS) is 21.4. The first-order chi connectivity index (χ1) is 28.6. The van der Waals surface area contributed by atoms with Crippen LogP contribution in [0.1, 0.15) is 79.8 Å². The van der Waals surface area contributed by atoms with E-state index in [0.29, 0.717) is 5.57 Å². The molecule has 0 radical (unpaired) electrons. The molecule has 4 aromatic carbocycles. The maximum Gasteiger partial charge on any atom is 1.00 e. The summed E-state index contributed by atoms with van der Waals surface area (Å²) in [5.41, 5.74) is -5.72. The number of benzene rings is 4. The molecule has 2 amide bonds. The van der Waals surface area contributed by atoms with E-state index in [4.69, 9.17) is 0 Å². The second kappa shape index (κ2) is 17.2. The third kappa shape index (κ3) is 9.60. The number of hydrogen-bond acceptors (Lipinski definition) is 4. The van der Waals surface area contributed by atoms with Crippen molar-refractivity contribution in [2.24, 2.45) is 11.8 Å². The van der Waals surface area contributed by atoms with Gasteiger partial charge in [0.1, 0.15) is 5.76 Å². The van der Waals surface area contributed by atoms with E-state index in [2.05, 4.69) is 10.6 Å². The average molecular weight is 921 g/mol. The molecule has 8 rings (SSSR count). The Morgan fingerprint density at radius 2 is 0.844 bits per heavy atom. The van der Waals surface area contributed by atoms with Gasteiger partial charge < -0.3 is 21.2 Å². The molecule has 0 bridgehead atoms. The summed E-state index contributed by atoms with van der Waals surface area (Å²) < 4.78 is 160. The molecule has 2 fully saturated rings. The molecule has 2 saturated carbocycles. The smallest absolute Gasteiger partial charge is 0.870 e. The van der Waals surface area contributed by atoms with Gasteiger partial charge >= 0.3 is 54.3 Å². The van der Waals surface area contributed by atoms with Crippen molar-refractivity contribution in [3.8, 4) is 22.3 Å². The zero-order valence-corrected chi connectivity index (χ0v) is 36.3. The summed E-state index contributed by atoms with van der Waals surface area (Å²) in [7, 11) is 0. The van der Waals surface area contributed by atoms with Gasteiger partial charge in [0.05, 0.1) is 38.9 Å². The van der Waals surface area contributed by atoms with E-state index in [1.54, 1.807) is 13.8 Å². The number of halogens is 12. The fraction of sp³-hybridized carbons (Fsp3) is 0.333. The van der Waals surface area contributed by atoms with Gasteiger partial charge in [-0.15, -0.1) is 0 Å². The SMILES string of the molecule is CC1(C2CC2)NC(=O)C(c2ccc(-c3ccc(C(F)(F)F)cc3)cc2C(F)(F)F)=C1O.CC1=C(c2ccc(-c3ccc(C(F)(F)F)cc3)cc2C(F)(F)F)C(=O)NC1(C)C1CC1.[Na+].[OH-]. The van der Waals surface area contributed by atoms with Gasteiger partial charge in [0.15, 0.2) is 0 Å². The zero-order chi connectivity index (χ0) is 45.5. The van der Waals surface area contributed by atoms with E-state index in [0.717, 1.165) is 92.4 Å². The van der Waals surface area contributed by atoms with Crippen LogP contribution in [0.15, 0.2) is 96.3 Å². The maximum atomic E-state index is 13.9. The van der Waals surface area contributed by atoms with Crippen LogP contribution < -0.4 is 40.2 Å². The Labute approximate surface area is 380 Å². The predicted octanol–water partition coefficient (Wildman–Crippen LogP) is 9.25. The van der Waals surface area contributed by atoms with Crippen LogP contribution in [0, 0.1) is 11.8 Å². The molecule has 2 heterocycles. The fourth-order valence-electron chi connectivity index (χ4n) is 8.20. The summed E-state index contributed by atoms with van der Waals surface area (Å²) in [5, 5.41) is 16.1. The van der Waals surface area contributed by atoms with E-state index in [9.17, 15) is 67.4 Å². The topological polar surface area (TPSA) is 108 Å². The summed E-state index contributed by atoms with van der Waals surface area (Å²) in [6.07, 6.45) is -15.4. The van der Waals surface area contributed by atoms with Gasteiger partial charge in [0.25, 0.3) is 11.8 Å². The number of nitrogens with one attached hydrogen (secondary N) is 2. The molecule has 2 aliphatic carbocycles. The minimum atomic E-state index is -4.86. The number of aliphatic hydroxyl groups is 1. The molecule has 0 aromatic heterocycles. The largest absolute Gasteiger partial charge is 1.00 e. The van der Waals surface area contributed by atoms with Crippen LogP contribution in [0.4, 0.5) is 52.7 Å². The van der Waals surface area contributed by atoms with Crippen LogP contribution in [0.2, 0.25) is 0 Å². The van der Waals surface area contributed by atoms with Gasteiger partial charge in [-0.05, 0) is 128 Å². The number of rotatable bonds is 6. The molecule has 2 aliphatic heterocycles. The van der Waals surface area contributed by atoms with Crippen LogP contribution in [-0.4, -0.2) is 33.5 Å². The van der Waals surface area contributed by atoms with Crippen LogP contribution in [0.25, 0.3) is 33.4 Å². The van der Waals surface area contributed by atoms with Crippen LogP contribution >= 0.6 is 0 Å². The summed E-state index contributed by atoms with van der Waals surface area (Å²) in [6.45, 7) is 5.08. The molecule has 0 spiro atoms. The number of carbonyl (C=O) groups excluding carboxylic acids is 2. The first kappa shape index (κ1) is 50.2. The molecule has 64 heavy (non-hydrogen) atoms. The van der Waals surface area contributed by atoms with Crippen molar-refractivity contribution in [3.63, 3.8) is 0 Å². The molecular weight excluding hydrogens is 883 g/mol. The standard InChI is InChI=1S/C23H19F6NO.C22H17F6NO2.Na.H2O/c1-12-19(20(31)30-21(12,2)15-8-9-15)17-10-5-14(11-18(17)23(27,28)29)13-3-6-16(7-4-13)22(24,25)26;1-20(13-7-8-13)18(30)17(19(31)29-20)15-9-4-12(10-16(15)22(26,27)28)11-2-5-14(6-3-11)21(23,24)25;;/h3-7,10-11,15H,8-9H2,1-2H3,(H,30,31);2-6,9-10,13,30H,7-8H2,1H3,(H,29,31);;1H2/q;;+1;/p-1. The minimum Gasteiger partial charge on any atom is -0.870 e. The van der Waals surface area contributed by atoms with Crippen molar-refractivity contribution in [3.05, 3.63) is 130 Å². The molecule has 0 saturated heterocycles. The van der Waals surface area contributed by atoms with E-state index < -0.39 is 86.7 Å². The first-order valence-corrected chi connectivity index (χ1v) is 19.2. The van der Waals surface area contributed by atoms with E-state index in [-0.39, 0.29) is 80.3 Å². The molecule has 6 nitrogen and oxygen atoms in total. The molecule has 4 N–H and O–H groups in total. The Balaban J connectivity index is 0.000000234. The Hall–Kier alpha value is -4.78. The molecule has 19 heteroatoms. The summed E-state index contributed by atoms with van der Waals surface area (Å²) in [6, 6.07) is 14.3. The second-order valence-electron chi connectivity index (χ2n) is 16.3. The van der Waals surface area contributed by atoms with Crippen molar-refractivity contribution < 1.29 is 102 Å². The van der Waals surface area contributed by atoms with Crippen LogP contribution in [-0.2, 0) is 34.3 Å². The third-order valence-electron chi connectivity index (χ3n) is 12.2. The average Bonchev–Trinajstić information content (AvgIpc) is 4.11. The number of amides is 2. The molecular formula is C45H37F12N2NaO4. The number of carbonyl (C=O) groups is 2. The summed E-state index contributed by atoms with van der Waals surface area (Å²) in [4.78, 5) is 25.2. The zero-order valence-electron chi connectivity index (χ0n) is 34.3. The number of alkyl halides is 12. The Bertz CT molecular complexity index is 2340. The Kier molecular flexibility index (Phi) is 13.5. The van der Waals surface area contributed by atoms with Crippen molar-refractivity contribution in [2.45, 2.75) is 82.2 Å². The van der Waals surface area contributed by atoms with Crippen molar-refractivity contribution in [1.29, 1.82) is 0 Å². The van der Waals surface area contributed by atoms with Crippen molar-refractivity contribution in [2.75, 3.05) is 0 Å². The second-order valence-corrected chi connectivity index (χ2v) is 16.3. The van der Waals surface area contributed by atoms with Gasteiger partial charge in [0.2, 0.25) is 0 Å². The van der Waals surface area contributed by atoms with Gasteiger partial charge in [-0.25, -0.2) is 0 Å². The van der Waals surface area contributed by atoms with Gasteiger partial charge in [0, 0.05) is 11.1 Å². The monoisotopic (exact) mass is 920 g/mol. The fourth-order valence-corrected chi connectivity index (χ4v) is 8.20. The Morgan fingerprint density at radius 3 is 1.20 bits per heavy atom. The van der Waals surface area contributed by atoms with Crippen molar-refractivity contribution in [1.82, 2.24) is 10.6 Å². The van der Waals surface area contributed by atoms with Gasteiger partial charge in [-0.3, -0.25) is 9.59 Å². The molecule has 4 aliphatic rings. The van der Waals surface area contributed by atoms with Gasteiger partial charge in [-0.1, -0.05) is 48.5 Å². The first-order valence-electron chi connectivity index (χ1n) is 19.2. The van der Waals surface area contributed by atoms with Crippen LogP contribution in [0.3, 0.4) is 0 Å². The van der Waals surface area contributed by atoms with E-state index in [1.165, 1.54) is 18.2 Å². The summed E-state index contributed by atoms with van der Waals surface area (Å²) >= 11 is 0. The van der Waals surface area contributed by atoms with E-state index >= 15 is 0 Å². The van der Waals surface area contributed by atoms with Crippen molar-refractivity contribution >= 4 is 23.0 Å². The maximum absolute atomic E-state index is 13.9. The minimum absolute atomic E-state index is 0. The summed E-state index contributed by atoms with van der Waals surface area (Å²) in [5.74, 6) is -1.60. The third-order valence-corrected chi connectivity index (χ3v) is 12.2. The number of hydrogen-bond donors (Lipinski definition) is 3.